The Balaban J connectivity index is 0.000000474. The quantitative estimate of drug-likeness (QED) is 0.324. The Bertz CT molecular complexity index is 1000. The zero-order chi connectivity index (χ0) is 28.7. The molecular formula is C30H44O8. The molecule has 8 nitrogen and oxygen atoms in total. The van der Waals surface area contributed by atoms with Crippen LogP contribution in [0.1, 0.15) is 90.4 Å². The molecule has 0 aliphatic heterocycles. The first kappa shape index (κ1) is 31.7. The predicted molar refractivity (Wildman–Crippen MR) is 144 cm³/mol. The third-order valence-corrected chi connectivity index (χ3v) is 8.31. The van der Waals surface area contributed by atoms with Crippen LogP contribution in [-0.4, -0.2) is 63.6 Å². The van der Waals surface area contributed by atoms with Crippen molar-refractivity contribution in [2.24, 2.45) is 11.3 Å². The molecule has 0 spiro atoms. The smallest absolute Gasteiger partial charge is 0.335 e. The van der Waals surface area contributed by atoms with Crippen molar-refractivity contribution >= 4 is 17.7 Å². The van der Waals surface area contributed by atoms with Gasteiger partial charge in [0.25, 0.3) is 0 Å². The van der Waals surface area contributed by atoms with Gasteiger partial charge in [0.1, 0.15) is 0 Å². The van der Waals surface area contributed by atoms with E-state index in [1.54, 1.807) is 37.3 Å². The zero-order valence-corrected chi connectivity index (χ0v) is 23.5. The molecule has 1 fully saturated rings. The number of ketones is 1. The summed E-state index contributed by atoms with van der Waals surface area (Å²) in [5.41, 5.74) is 0.0530. The molecule has 212 valence electrons. The Morgan fingerprint density at radius 3 is 2.24 bits per heavy atom. The summed E-state index contributed by atoms with van der Waals surface area (Å²) >= 11 is 0. The van der Waals surface area contributed by atoms with Crippen molar-refractivity contribution in [2.45, 2.75) is 104 Å². The zero-order valence-electron chi connectivity index (χ0n) is 23.5. The SMILES string of the molecule is CCO[C@H]1CC[C@](C)(C(=O)[C@H](OC(C)=O)C2=C(C)CC[C@@](O)(CC)[C@@H]2C)[C@@H](O)C1.O=C(O)c1ccccc1. The molecule has 0 bridgehead atoms. The Hall–Kier alpha value is -2.55. The number of rotatable bonds is 8. The van der Waals surface area contributed by atoms with Gasteiger partial charge in [-0.15, -0.1) is 0 Å². The van der Waals surface area contributed by atoms with Crippen molar-refractivity contribution < 1.29 is 39.2 Å². The minimum absolute atomic E-state index is 0.0669. The summed E-state index contributed by atoms with van der Waals surface area (Å²) in [6.07, 6.45) is 1.34. The molecule has 2 aliphatic carbocycles. The lowest BCUT2D eigenvalue weighted by molar-refractivity contribution is -0.163. The van der Waals surface area contributed by atoms with Crippen LogP contribution in [0.3, 0.4) is 0 Å². The molecule has 0 unspecified atom stereocenters. The first-order chi connectivity index (χ1) is 17.8. The summed E-state index contributed by atoms with van der Waals surface area (Å²) in [6, 6.07) is 8.30. The van der Waals surface area contributed by atoms with E-state index < -0.39 is 35.2 Å². The van der Waals surface area contributed by atoms with Crippen molar-refractivity contribution in [1.82, 2.24) is 0 Å². The molecule has 0 amide bonds. The number of aromatic carboxylic acids is 1. The highest BCUT2D eigenvalue weighted by Gasteiger charge is 2.51. The first-order valence-electron chi connectivity index (χ1n) is 13.5. The van der Waals surface area contributed by atoms with Gasteiger partial charge in [0.05, 0.1) is 28.8 Å². The third-order valence-electron chi connectivity index (χ3n) is 8.31. The van der Waals surface area contributed by atoms with E-state index in [-0.39, 0.29) is 17.8 Å². The van der Waals surface area contributed by atoms with Gasteiger partial charge in [0.15, 0.2) is 11.9 Å². The molecule has 2 aliphatic rings. The summed E-state index contributed by atoms with van der Waals surface area (Å²) in [5.74, 6) is -2.01. The largest absolute Gasteiger partial charge is 0.478 e. The van der Waals surface area contributed by atoms with E-state index in [0.717, 1.165) is 5.57 Å². The fraction of sp³-hybridized carbons (Fsp3) is 0.633. The number of aliphatic hydroxyl groups excluding tert-OH is 1. The number of benzene rings is 1. The molecule has 38 heavy (non-hydrogen) atoms. The van der Waals surface area contributed by atoms with Crippen LogP contribution in [0.2, 0.25) is 0 Å². The maximum absolute atomic E-state index is 13.7. The van der Waals surface area contributed by atoms with E-state index in [9.17, 15) is 24.6 Å². The maximum Gasteiger partial charge on any atom is 0.335 e. The van der Waals surface area contributed by atoms with E-state index >= 15 is 0 Å². The number of carboxylic acid groups (broad SMARTS) is 1. The number of allylic oxidation sites excluding steroid dienone is 1. The highest BCUT2D eigenvalue weighted by Crippen LogP contribution is 2.45. The molecule has 1 saturated carbocycles. The highest BCUT2D eigenvalue weighted by atomic mass is 16.5. The molecule has 1 aromatic rings. The Morgan fingerprint density at radius 2 is 1.76 bits per heavy atom. The van der Waals surface area contributed by atoms with Gasteiger partial charge in [0.2, 0.25) is 0 Å². The average Bonchev–Trinajstić information content (AvgIpc) is 2.88. The minimum Gasteiger partial charge on any atom is -0.478 e. The summed E-state index contributed by atoms with van der Waals surface area (Å²) in [7, 11) is 0. The second-order valence-electron chi connectivity index (χ2n) is 10.7. The van der Waals surface area contributed by atoms with Gasteiger partial charge in [-0.3, -0.25) is 9.59 Å². The lowest BCUT2D eigenvalue weighted by Gasteiger charge is -2.45. The van der Waals surface area contributed by atoms with E-state index in [1.807, 2.05) is 27.7 Å². The van der Waals surface area contributed by atoms with Crippen molar-refractivity contribution in [3.63, 3.8) is 0 Å². The van der Waals surface area contributed by atoms with Gasteiger partial charge in [-0.2, -0.15) is 0 Å². The van der Waals surface area contributed by atoms with Gasteiger partial charge in [-0.1, -0.05) is 37.6 Å². The van der Waals surface area contributed by atoms with Crippen LogP contribution >= 0.6 is 0 Å². The van der Waals surface area contributed by atoms with Crippen LogP contribution < -0.4 is 0 Å². The first-order valence-corrected chi connectivity index (χ1v) is 13.5. The van der Waals surface area contributed by atoms with Gasteiger partial charge >= 0.3 is 11.9 Å². The summed E-state index contributed by atoms with van der Waals surface area (Å²) in [4.78, 5) is 35.8. The number of aliphatic hydroxyl groups is 2. The number of carbonyl (C=O) groups is 3. The molecule has 6 atom stereocenters. The molecule has 0 radical (unpaired) electrons. The fourth-order valence-corrected chi connectivity index (χ4v) is 5.59. The molecule has 0 heterocycles. The Labute approximate surface area is 226 Å². The summed E-state index contributed by atoms with van der Waals surface area (Å²) < 4.78 is 11.2. The van der Waals surface area contributed by atoms with Crippen LogP contribution in [-0.2, 0) is 19.1 Å². The lowest BCUT2D eigenvalue weighted by Crippen LogP contribution is -2.53. The van der Waals surface area contributed by atoms with Crippen molar-refractivity contribution in [2.75, 3.05) is 6.61 Å². The number of esters is 1. The highest BCUT2D eigenvalue weighted by molar-refractivity contribution is 5.93. The van der Waals surface area contributed by atoms with Crippen LogP contribution in [0, 0.1) is 11.3 Å². The maximum atomic E-state index is 13.7. The van der Waals surface area contributed by atoms with Gasteiger partial charge in [-0.05, 0) is 70.6 Å². The summed E-state index contributed by atoms with van der Waals surface area (Å²) in [5, 5.41) is 30.3. The number of hydrogen-bond acceptors (Lipinski definition) is 7. The normalized spacial score (nSPS) is 30.1. The Morgan fingerprint density at radius 1 is 1.13 bits per heavy atom. The number of hydrogen-bond donors (Lipinski definition) is 3. The monoisotopic (exact) mass is 532 g/mol. The van der Waals surface area contributed by atoms with Gasteiger partial charge in [-0.25, -0.2) is 4.79 Å². The minimum atomic E-state index is -1.08. The topological polar surface area (TPSA) is 130 Å². The second-order valence-corrected chi connectivity index (χ2v) is 10.7. The van der Waals surface area contributed by atoms with Gasteiger partial charge in [0, 0.05) is 25.9 Å². The number of carboxylic acids is 1. The molecule has 8 heteroatoms. The molecule has 3 N–H and O–H groups in total. The Kier molecular flexibility index (Phi) is 11.2. The fourth-order valence-electron chi connectivity index (χ4n) is 5.59. The third kappa shape index (κ3) is 7.30. The van der Waals surface area contributed by atoms with Gasteiger partial charge < -0.3 is 24.8 Å². The lowest BCUT2D eigenvalue weighted by atomic mass is 9.64. The molecule has 3 rings (SSSR count). The number of Topliss-reactive ketones (excluding diaryl/α,β-unsaturated/α-hetero) is 1. The van der Waals surface area contributed by atoms with E-state index in [1.165, 1.54) is 6.92 Å². The van der Waals surface area contributed by atoms with E-state index in [0.29, 0.717) is 56.3 Å². The van der Waals surface area contributed by atoms with Crippen LogP contribution in [0.25, 0.3) is 0 Å². The predicted octanol–water partition coefficient (Wildman–Crippen LogP) is 4.72. The van der Waals surface area contributed by atoms with Crippen LogP contribution in [0.4, 0.5) is 0 Å². The van der Waals surface area contributed by atoms with Crippen LogP contribution in [0.15, 0.2) is 41.5 Å². The van der Waals surface area contributed by atoms with E-state index in [2.05, 4.69) is 0 Å². The molecular weight excluding hydrogens is 488 g/mol. The van der Waals surface area contributed by atoms with Crippen molar-refractivity contribution in [3.8, 4) is 0 Å². The standard InChI is InChI=1S/C23H38O6.C7H6O2/c1-7-23(27)12-9-14(3)19(15(23)4)20(29-16(5)24)21(26)22(6)11-10-17(28-8-2)13-18(22)25;8-7(9)6-4-2-1-3-5-6/h15,17-18,20,25,27H,7-13H2,1-6H3;1-5H,(H,8,9)/t15-,17+,18+,20-,22+,23+;/m1./s1. The average molecular weight is 533 g/mol. The van der Waals surface area contributed by atoms with Crippen molar-refractivity contribution in [1.29, 1.82) is 0 Å². The number of carbonyl (C=O) groups excluding carboxylic acids is 2. The summed E-state index contributed by atoms with van der Waals surface area (Å²) in [6.45, 7) is 11.3. The molecule has 0 saturated heterocycles. The van der Waals surface area contributed by atoms with Crippen LogP contribution in [0.5, 0.6) is 0 Å². The van der Waals surface area contributed by atoms with Crippen molar-refractivity contribution in [3.05, 3.63) is 47.0 Å². The van der Waals surface area contributed by atoms with E-state index in [4.69, 9.17) is 14.6 Å². The second kappa shape index (κ2) is 13.5. The molecule has 1 aromatic carbocycles. The number of ether oxygens (including phenoxy) is 2. The molecule has 0 aromatic heterocycles.